The number of carbonyl (C=O) groups is 3. The third-order valence-corrected chi connectivity index (χ3v) is 7.45. The van der Waals surface area contributed by atoms with E-state index in [0.717, 1.165) is 30.4 Å². The Morgan fingerprint density at radius 2 is 1.79 bits per heavy atom. The molecule has 3 aliphatic heterocycles. The molecule has 3 heterocycles. The Hall–Kier alpha value is -3.79. The van der Waals surface area contributed by atoms with Gasteiger partial charge in [0.15, 0.2) is 11.5 Å². The minimum absolute atomic E-state index is 0.0706. The van der Waals surface area contributed by atoms with Crippen molar-refractivity contribution in [3.05, 3.63) is 59.7 Å². The first-order chi connectivity index (χ1) is 19.0. The second-order valence-corrected chi connectivity index (χ2v) is 10.2. The molecule has 4 amide bonds. The number of hydrogen-bond acceptors (Lipinski definition) is 6. The number of nitrogens with one attached hydrogen (secondary N) is 1. The molecular weight excluding hydrogens is 498 g/mol. The molecule has 0 unspecified atom stereocenters. The molecule has 2 aromatic carbocycles. The van der Waals surface area contributed by atoms with E-state index in [4.69, 9.17) is 9.47 Å². The number of benzene rings is 2. The van der Waals surface area contributed by atoms with Crippen LogP contribution in [0.3, 0.4) is 0 Å². The Balaban J connectivity index is 1.43. The number of fused-ring (bicyclic) bond motifs is 2. The zero-order chi connectivity index (χ0) is 27.4. The van der Waals surface area contributed by atoms with E-state index in [1.165, 1.54) is 0 Å². The van der Waals surface area contributed by atoms with Gasteiger partial charge in [-0.2, -0.15) is 0 Å². The first-order valence-corrected chi connectivity index (χ1v) is 13.8. The highest BCUT2D eigenvalue weighted by Crippen LogP contribution is 2.34. The van der Waals surface area contributed by atoms with Crippen molar-refractivity contribution in [2.24, 2.45) is 0 Å². The summed E-state index contributed by atoms with van der Waals surface area (Å²) in [6, 6.07) is 14.5. The molecule has 2 atom stereocenters. The lowest BCUT2D eigenvalue weighted by molar-refractivity contribution is -0.191. The van der Waals surface area contributed by atoms with Crippen LogP contribution in [0.25, 0.3) is 0 Å². The fourth-order valence-electron chi connectivity index (χ4n) is 5.58. The highest BCUT2D eigenvalue weighted by Gasteiger charge is 2.51. The molecule has 10 heteroatoms. The predicted octanol–water partition coefficient (Wildman–Crippen LogP) is 3.32. The Labute approximate surface area is 229 Å². The van der Waals surface area contributed by atoms with Crippen LogP contribution < -0.4 is 14.8 Å². The summed E-state index contributed by atoms with van der Waals surface area (Å²) in [7, 11) is 0. The van der Waals surface area contributed by atoms with Crippen molar-refractivity contribution < 1.29 is 23.9 Å². The number of hydrogen-bond donors (Lipinski definition) is 1. The number of piperazine rings is 1. The van der Waals surface area contributed by atoms with Crippen LogP contribution in [0.2, 0.25) is 0 Å². The molecule has 0 bridgehead atoms. The van der Waals surface area contributed by atoms with Crippen LogP contribution in [0.4, 0.5) is 4.79 Å². The predicted molar refractivity (Wildman–Crippen MR) is 144 cm³/mol. The minimum atomic E-state index is -0.613. The molecule has 2 aromatic rings. The SMILES string of the molecule is CCCC[C@H]1C(=O)N(Cc2ccc3c(c2)OCO3)C[C@H]2N1C(=O)CN(CCC)N2C(=O)NCc1ccccc1. The second-order valence-electron chi connectivity index (χ2n) is 10.2. The normalized spacial score (nSPS) is 20.8. The maximum Gasteiger partial charge on any atom is 0.334 e. The molecule has 10 nitrogen and oxygen atoms in total. The zero-order valence-corrected chi connectivity index (χ0v) is 22.7. The molecule has 2 fully saturated rings. The number of hydrazine groups is 1. The van der Waals surface area contributed by atoms with Crippen LogP contribution >= 0.6 is 0 Å². The topological polar surface area (TPSA) is 94.7 Å². The van der Waals surface area contributed by atoms with Crippen LogP contribution in [0.1, 0.15) is 50.7 Å². The van der Waals surface area contributed by atoms with E-state index < -0.39 is 12.2 Å². The molecule has 1 N–H and O–H groups in total. The standard InChI is InChI=1S/C29H37N5O5/c1-3-5-11-23-28(36)31(17-22-12-13-24-25(15-22)39-20-38-24)18-26-33(23)27(35)19-32(14-4-2)34(26)29(37)30-16-21-9-7-6-8-10-21/h6-10,12-13,15,23,26H,3-5,11,14,16-20H2,1-2H3,(H,30,37)/t23-,26-/m0/s1. The van der Waals surface area contributed by atoms with Crippen molar-refractivity contribution in [1.82, 2.24) is 25.1 Å². The number of unbranched alkanes of at least 4 members (excludes halogenated alkanes) is 1. The molecule has 0 aromatic heterocycles. The van der Waals surface area contributed by atoms with Crippen molar-refractivity contribution in [3.8, 4) is 11.5 Å². The third-order valence-electron chi connectivity index (χ3n) is 7.45. The lowest BCUT2D eigenvalue weighted by Gasteiger charge is -2.55. The third kappa shape index (κ3) is 5.66. The molecule has 3 aliphatic rings. The van der Waals surface area contributed by atoms with E-state index >= 15 is 0 Å². The fourth-order valence-corrected chi connectivity index (χ4v) is 5.58. The summed E-state index contributed by atoms with van der Waals surface area (Å²) in [5, 5.41) is 6.54. The van der Waals surface area contributed by atoms with Gasteiger partial charge in [-0.1, -0.05) is 63.1 Å². The zero-order valence-electron chi connectivity index (χ0n) is 22.7. The largest absolute Gasteiger partial charge is 0.454 e. The fraction of sp³-hybridized carbons (Fsp3) is 0.483. The van der Waals surface area contributed by atoms with E-state index in [2.05, 4.69) is 12.2 Å². The Bertz CT molecular complexity index is 1190. The van der Waals surface area contributed by atoms with Crippen molar-refractivity contribution in [3.63, 3.8) is 0 Å². The average molecular weight is 536 g/mol. The monoisotopic (exact) mass is 535 g/mol. The van der Waals surface area contributed by atoms with Gasteiger partial charge < -0.3 is 24.6 Å². The average Bonchev–Trinajstić information content (AvgIpc) is 3.41. The van der Waals surface area contributed by atoms with Gasteiger partial charge in [-0.25, -0.2) is 14.8 Å². The van der Waals surface area contributed by atoms with E-state index in [0.29, 0.717) is 37.6 Å². The number of urea groups is 1. The summed E-state index contributed by atoms with van der Waals surface area (Å²) in [5.41, 5.74) is 1.89. The van der Waals surface area contributed by atoms with Crippen LogP contribution in [0.5, 0.6) is 11.5 Å². The number of rotatable bonds is 9. The number of carbonyl (C=O) groups excluding carboxylic acids is 3. The van der Waals surface area contributed by atoms with Crippen molar-refractivity contribution in [1.29, 1.82) is 0 Å². The summed E-state index contributed by atoms with van der Waals surface area (Å²) in [5.74, 6) is 1.15. The van der Waals surface area contributed by atoms with Gasteiger partial charge in [0, 0.05) is 19.6 Å². The lowest BCUT2D eigenvalue weighted by Crippen LogP contribution is -2.76. The van der Waals surface area contributed by atoms with Crippen molar-refractivity contribution in [2.75, 3.05) is 26.4 Å². The molecule has 2 saturated heterocycles. The summed E-state index contributed by atoms with van der Waals surface area (Å²) in [6.45, 7) is 5.85. The smallest absolute Gasteiger partial charge is 0.334 e. The number of ether oxygens (including phenoxy) is 2. The van der Waals surface area contributed by atoms with Gasteiger partial charge in [-0.15, -0.1) is 0 Å². The van der Waals surface area contributed by atoms with E-state index in [-0.39, 0.29) is 37.7 Å². The molecule has 0 radical (unpaired) electrons. The first-order valence-electron chi connectivity index (χ1n) is 13.8. The molecule has 0 aliphatic carbocycles. The van der Waals surface area contributed by atoms with Crippen LogP contribution in [0.15, 0.2) is 48.5 Å². The molecule has 39 heavy (non-hydrogen) atoms. The first kappa shape index (κ1) is 26.8. The van der Waals surface area contributed by atoms with E-state index in [1.54, 1.807) is 14.8 Å². The van der Waals surface area contributed by atoms with E-state index in [9.17, 15) is 14.4 Å². The molecule has 0 spiro atoms. The summed E-state index contributed by atoms with van der Waals surface area (Å²) in [6.07, 6.45) is 2.46. The van der Waals surface area contributed by atoms with Crippen molar-refractivity contribution in [2.45, 2.75) is 64.8 Å². The highest BCUT2D eigenvalue weighted by molar-refractivity contribution is 5.91. The number of amides is 4. The molecule has 5 rings (SSSR count). The number of nitrogens with zero attached hydrogens (tertiary/aromatic N) is 4. The van der Waals surface area contributed by atoms with Gasteiger partial charge in [-0.05, 0) is 36.1 Å². The van der Waals surface area contributed by atoms with Gasteiger partial charge in [0.1, 0.15) is 12.2 Å². The van der Waals surface area contributed by atoms with Gasteiger partial charge >= 0.3 is 6.03 Å². The van der Waals surface area contributed by atoms with E-state index in [1.807, 2.05) is 60.5 Å². The summed E-state index contributed by atoms with van der Waals surface area (Å²) >= 11 is 0. The van der Waals surface area contributed by atoms with Gasteiger partial charge in [-0.3, -0.25) is 9.59 Å². The minimum Gasteiger partial charge on any atom is -0.454 e. The van der Waals surface area contributed by atoms with Crippen LogP contribution in [-0.4, -0.2) is 76.3 Å². The quantitative estimate of drug-likeness (QED) is 0.530. The van der Waals surface area contributed by atoms with Crippen LogP contribution in [0, 0.1) is 0 Å². The highest BCUT2D eigenvalue weighted by atomic mass is 16.7. The Morgan fingerprint density at radius 1 is 1.00 bits per heavy atom. The van der Waals surface area contributed by atoms with Gasteiger partial charge in [0.05, 0.1) is 13.1 Å². The summed E-state index contributed by atoms with van der Waals surface area (Å²) in [4.78, 5) is 44.5. The lowest BCUT2D eigenvalue weighted by atomic mass is 10.0. The van der Waals surface area contributed by atoms with Crippen molar-refractivity contribution >= 4 is 17.8 Å². The molecule has 0 saturated carbocycles. The summed E-state index contributed by atoms with van der Waals surface area (Å²) < 4.78 is 11.0. The van der Waals surface area contributed by atoms with Gasteiger partial charge in [0.2, 0.25) is 18.6 Å². The maximum atomic E-state index is 13.8. The Kier molecular flexibility index (Phi) is 8.21. The van der Waals surface area contributed by atoms with Gasteiger partial charge in [0.25, 0.3) is 0 Å². The maximum absolute atomic E-state index is 13.8. The van der Waals surface area contributed by atoms with Crippen LogP contribution in [-0.2, 0) is 22.7 Å². The second kappa shape index (κ2) is 11.9. The molecular formula is C29H37N5O5. The Morgan fingerprint density at radius 3 is 2.56 bits per heavy atom. The molecule has 208 valence electrons.